The number of halogens is 1. The number of esters is 1. The lowest BCUT2D eigenvalue weighted by Gasteiger charge is -2.38. The van der Waals surface area contributed by atoms with Gasteiger partial charge in [-0.25, -0.2) is 4.39 Å². The van der Waals surface area contributed by atoms with Crippen LogP contribution < -0.4 is 5.73 Å². The van der Waals surface area contributed by atoms with Gasteiger partial charge in [-0.15, -0.1) is 0 Å². The van der Waals surface area contributed by atoms with E-state index in [1.807, 2.05) is 0 Å². The van der Waals surface area contributed by atoms with E-state index in [9.17, 15) is 9.18 Å². The third-order valence-electron chi connectivity index (χ3n) is 3.39. The molecule has 1 fully saturated rings. The molecule has 1 unspecified atom stereocenters. The van der Waals surface area contributed by atoms with E-state index < -0.39 is 17.3 Å². The van der Waals surface area contributed by atoms with Crippen LogP contribution in [0.1, 0.15) is 30.9 Å². The standard InChI is InChI=1S/C14H18FNO3/c1-3-19-13(17)9(2)10-4-5-11(12(15)6-10)14(16)7-18-8-14/h4-6,9H,3,7-8,16H2,1-2H3. The number of rotatable bonds is 4. The number of carbonyl (C=O) groups is 1. The Balaban J connectivity index is 2.21. The predicted octanol–water partition coefficient (Wildman–Crippen LogP) is 1.68. The van der Waals surface area contributed by atoms with Gasteiger partial charge in [0.1, 0.15) is 5.82 Å². The maximum Gasteiger partial charge on any atom is 0.313 e. The van der Waals surface area contributed by atoms with E-state index in [2.05, 4.69) is 0 Å². The van der Waals surface area contributed by atoms with Crippen LogP contribution in [0, 0.1) is 5.82 Å². The van der Waals surface area contributed by atoms with Crippen molar-refractivity contribution >= 4 is 5.97 Å². The second-order valence-corrected chi connectivity index (χ2v) is 4.86. The van der Waals surface area contributed by atoms with Crippen LogP contribution in [0.5, 0.6) is 0 Å². The molecule has 0 aliphatic carbocycles. The van der Waals surface area contributed by atoms with Crippen molar-refractivity contribution < 1.29 is 18.7 Å². The van der Waals surface area contributed by atoms with Gasteiger partial charge in [-0.2, -0.15) is 0 Å². The first kappa shape index (κ1) is 14.0. The molecular formula is C14H18FNO3. The second kappa shape index (κ2) is 5.27. The SMILES string of the molecule is CCOC(=O)C(C)c1ccc(C2(N)COC2)c(F)c1. The second-order valence-electron chi connectivity index (χ2n) is 4.86. The molecule has 1 saturated heterocycles. The van der Waals surface area contributed by atoms with E-state index in [0.717, 1.165) is 0 Å². The van der Waals surface area contributed by atoms with Gasteiger partial charge in [0.25, 0.3) is 0 Å². The summed E-state index contributed by atoms with van der Waals surface area (Å²) in [5, 5.41) is 0. The van der Waals surface area contributed by atoms with E-state index >= 15 is 0 Å². The van der Waals surface area contributed by atoms with Gasteiger partial charge in [0.05, 0.1) is 31.3 Å². The van der Waals surface area contributed by atoms with Crippen molar-refractivity contribution in [1.82, 2.24) is 0 Å². The molecule has 0 aromatic heterocycles. The molecule has 1 heterocycles. The minimum atomic E-state index is -0.740. The summed E-state index contributed by atoms with van der Waals surface area (Å²) in [5.41, 5.74) is 6.28. The molecule has 4 nitrogen and oxygen atoms in total. The first-order valence-electron chi connectivity index (χ1n) is 6.31. The lowest BCUT2D eigenvalue weighted by molar-refractivity contribution is -0.144. The largest absolute Gasteiger partial charge is 0.466 e. The number of hydrogen-bond acceptors (Lipinski definition) is 4. The summed E-state index contributed by atoms with van der Waals surface area (Å²) in [5.74, 6) is -1.25. The Bertz CT molecular complexity index is 486. The number of benzene rings is 1. The van der Waals surface area contributed by atoms with E-state index in [0.29, 0.717) is 30.9 Å². The smallest absolute Gasteiger partial charge is 0.313 e. The molecule has 1 aliphatic rings. The molecule has 1 aliphatic heterocycles. The van der Waals surface area contributed by atoms with Gasteiger partial charge in [-0.3, -0.25) is 4.79 Å². The van der Waals surface area contributed by atoms with Gasteiger partial charge in [0, 0.05) is 5.56 Å². The lowest BCUT2D eigenvalue weighted by Crippen LogP contribution is -2.54. The first-order chi connectivity index (χ1) is 8.98. The van der Waals surface area contributed by atoms with Gasteiger partial charge in [0.15, 0.2) is 0 Å². The third-order valence-corrected chi connectivity index (χ3v) is 3.39. The van der Waals surface area contributed by atoms with Crippen molar-refractivity contribution in [3.05, 3.63) is 35.1 Å². The van der Waals surface area contributed by atoms with E-state index in [1.54, 1.807) is 26.0 Å². The third kappa shape index (κ3) is 2.62. The highest BCUT2D eigenvalue weighted by Crippen LogP contribution is 2.30. The van der Waals surface area contributed by atoms with Gasteiger partial charge < -0.3 is 15.2 Å². The molecule has 0 saturated carbocycles. The Labute approximate surface area is 111 Å². The molecule has 0 spiro atoms. The van der Waals surface area contributed by atoms with Gasteiger partial charge >= 0.3 is 5.97 Å². The van der Waals surface area contributed by atoms with Crippen LogP contribution in [0.3, 0.4) is 0 Å². The Hall–Kier alpha value is -1.46. The minimum Gasteiger partial charge on any atom is -0.466 e. The maximum absolute atomic E-state index is 14.1. The monoisotopic (exact) mass is 267 g/mol. The summed E-state index contributed by atoms with van der Waals surface area (Å²) < 4.78 is 24.0. The molecule has 19 heavy (non-hydrogen) atoms. The number of nitrogens with two attached hydrogens (primary N) is 1. The molecule has 1 atom stereocenters. The molecule has 1 aromatic carbocycles. The Morgan fingerprint density at radius 3 is 2.74 bits per heavy atom. The lowest BCUT2D eigenvalue weighted by atomic mass is 9.87. The summed E-state index contributed by atoms with van der Waals surface area (Å²) in [4.78, 5) is 11.6. The highest BCUT2D eigenvalue weighted by molar-refractivity contribution is 5.77. The van der Waals surface area contributed by atoms with Crippen molar-refractivity contribution in [1.29, 1.82) is 0 Å². The van der Waals surface area contributed by atoms with Crippen molar-refractivity contribution in [2.24, 2.45) is 5.73 Å². The van der Waals surface area contributed by atoms with E-state index in [4.69, 9.17) is 15.2 Å². The Morgan fingerprint density at radius 1 is 1.58 bits per heavy atom. The molecule has 1 aromatic rings. The van der Waals surface area contributed by atoms with Crippen LogP contribution in [0.4, 0.5) is 4.39 Å². The number of hydrogen-bond donors (Lipinski definition) is 1. The van der Waals surface area contributed by atoms with E-state index in [1.165, 1.54) is 6.07 Å². The highest BCUT2D eigenvalue weighted by Gasteiger charge is 2.38. The summed E-state index contributed by atoms with van der Waals surface area (Å²) in [6.07, 6.45) is 0. The van der Waals surface area contributed by atoms with Crippen LogP contribution in [-0.2, 0) is 19.8 Å². The Morgan fingerprint density at radius 2 is 2.26 bits per heavy atom. The van der Waals surface area contributed by atoms with Crippen LogP contribution in [0.2, 0.25) is 0 Å². The maximum atomic E-state index is 14.1. The normalized spacial score (nSPS) is 18.5. The predicted molar refractivity (Wildman–Crippen MR) is 68.1 cm³/mol. The van der Waals surface area contributed by atoms with Crippen LogP contribution in [0.15, 0.2) is 18.2 Å². The summed E-state index contributed by atoms with van der Waals surface area (Å²) in [7, 11) is 0. The van der Waals surface area contributed by atoms with Crippen LogP contribution in [-0.4, -0.2) is 25.8 Å². The summed E-state index contributed by atoms with van der Waals surface area (Å²) in [6, 6.07) is 4.69. The number of carbonyl (C=O) groups excluding carboxylic acids is 1. The average molecular weight is 267 g/mol. The van der Waals surface area contributed by atoms with E-state index in [-0.39, 0.29) is 5.97 Å². The first-order valence-corrected chi connectivity index (χ1v) is 6.31. The zero-order valence-corrected chi connectivity index (χ0v) is 11.1. The zero-order chi connectivity index (χ0) is 14.0. The summed E-state index contributed by atoms with van der Waals surface area (Å²) >= 11 is 0. The fourth-order valence-corrected chi connectivity index (χ4v) is 2.09. The molecule has 104 valence electrons. The van der Waals surface area contributed by atoms with Crippen molar-refractivity contribution in [2.75, 3.05) is 19.8 Å². The quantitative estimate of drug-likeness (QED) is 0.843. The van der Waals surface area contributed by atoms with Crippen LogP contribution in [0.25, 0.3) is 0 Å². The van der Waals surface area contributed by atoms with Crippen molar-refractivity contribution in [2.45, 2.75) is 25.3 Å². The van der Waals surface area contributed by atoms with Gasteiger partial charge in [0.2, 0.25) is 0 Å². The van der Waals surface area contributed by atoms with Crippen molar-refractivity contribution in [3.8, 4) is 0 Å². The highest BCUT2D eigenvalue weighted by atomic mass is 19.1. The average Bonchev–Trinajstić information content (AvgIpc) is 2.35. The zero-order valence-electron chi connectivity index (χ0n) is 11.1. The summed E-state index contributed by atoms with van der Waals surface area (Å²) in [6.45, 7) is 4.38. The molecule has 5 heteroatoms. The van der Waals surface area contributed by atoms with Crippen LogP contribution >= 0.6 is 0 Å². The topological polar surface area (TPSA) is 61.5 Å². The van der Waals surface area contributed by atoms with Gasteiger partial charge in [-0.1, -0.05) is 12.1 Å². The Kier molecular flexibility index (Phi) is 3.87. The molecule has 0 bridgehead atoms. The number of ether oxygens (including phenoxy) is 2. The fraction of sp³-hybridized carbons (Fsp3) is 0.500. The molecule has 2 N–H and O–H groups in total. The molecule has 0 radical (unpaired) electrons. The van der Waals surface area contributed by atoms with Gasteiger partial charge in [-0.05, 0) is 25.5 Å². The fourth-order valence-electron chi connectivity index (χ4n) is 2.09. The molecule has 0 amide bonds. The molecule has 2 rings (SSSR count). The minimum absolute atomic E-state index is 0.312. The van der Waals surface area contributed by atoms with Crippen molar-refractivity contribution in [3.63, 3.8) is 0 Å². The molecular weight excluding hydrogens is 249 g/mol.